The molecule has 0 aliphatic carbocycles. The third-order valence-electron chi connectivity index (χ3n) is 7.97. The Morgan fingerprint density at radius 2 is 0.708 bits per heavy atom. The first-order valence-corrected chi connectivity index (χ1v) is 20.0. The van der Waals surface area contributed by atoms with Gasteiger partial charge in [-0.1, -0.05) is 182 Å². The highest BCUT2D eigenvalue weighted by Crippen LogP contribution is 2.44. The van der Waals surface area contributed by atoms with Gasteiger partial charge in [-0.3, -0.25) is 0 Å². The van der Waals surface area contributed by atoms with Gasteiger partial charge in [0.1, 0.15) is 0 Å². The fourth-order valence-electron chi connectivity index (χ4n) is 5.80. The molecule has 242 valence electrons. The van der Waals surface area contributed by atoms with Crippen molar-refractivity contribution in [1.82, 2.24) is 0 Å². The van der Waals surface area contributed by atoms with E-state index in [0.717, 1.165) is 15.9 Å². The van der Waals surface area contributed by atoms with Crippen molar-refractivity contribution in [3.8, 4) is 0 Å². The zero-order valence-corrected chi connectivity index (χ0v) is 29.3. The summed E-state index contributed by atoms with van der Waals surface area (Å²) in [6, 6.07) is 62.8. The molecule has 0 N–H and O–H groups in total. The predicted molar refractivity (Wildman–Crippen MR) is 211 cm³/mol. The first-order chi connectivity index (χ1) is 23.6. The number of carbonyl (C=O) groups is 1. The molecule has 5 heteroatoms. The second-order valence-corrected chi connectivity index (χ2v) is 17.4. The van der Waals surface area contributed by atoms with Crippen molar-refractivity contribution in [2.45, 2.75) is 13.8 Å². The highest BCUT2D eigenvalue weighted by Gasteiger charge is 2.27. The highest BCUT2D eigenvalue weighted by atomic mass is 31.2. The van der Waals surface area contributed by atoms with Crippen LogP contribution >= 0.6 is 13.8 Å². The minimum atomic E-state index is -2.24. The normalized spacial score (nSPS) is 11.0. The molecular formula is C43H42O3P2. The lowest BCUT2D eigenvalue weighted by molar-refractivity contribution is -0.134. The summed E-state index contributed by atoms with van der Waals surface area (Å²) in [6.45, 7) is 0.755. The van der Waals surface area contributed by atoms with Crippen LogP contribution in [0.4, 0.5) is 0 Å². The molecule has 0 aliphatic heterocycles. The molecule has 0 atom stereocenters. The van der Waals surface area contributed by atoms with E-state index in [1.807, 2.05) is 68.4 Å². The summed E-state index contributed by atoms with van der Waals surface area (Å²) in [4.78, 5) is 12.5. The molecule has 0 amide bonds. The van der Waals surface area contributed by atoms with Gasteiger partial charge in [-0.05, 0) is 59.4 Å². The van der Waals surface area contributed by atoms with Crippen molar-refractivity contribution in [2.75, 3.05) is 13.2 Å². The van der Waals surface area contributed by atoms with Crippen molar-refractivity contribution in [1.29, 1.82) is 0 Å². The van der Waals surface area contributed by atoms with Crippen molar-refractivity contribution in [3.63, 3.8) is 0 Å². The third kappa shape index (κ3) is 7.89. The number of carbonyl (C=O) groups excluding carboxylic acids is 1. The van der Waals surface area contributed by atoms with E-state index >= 15 is 0 Å². The molecule has 0 fully saturated rings. The number of esters is 1. The fourth-order valence-corrected chi connectivity index (χ4v) is 13.0. The smallest absolute Gasteiger partial charge is 0.331 e. The minimum absolute atomic E-state index is 0.271. The number of hydrogen-bond acceptors (Lipinski definition) is 3. The predicted octanol–water partition coefficient (Wildman–Crippen LogP) is 7.12. The molecule has 6 aromatic rings. The van der Waals surface area contributed by atoms with Gasteiger partial charge in [0.15, 0.2) is 0 Å². The molecule has 48 heavy (non-hydrogen) atoms. The molecule has 3 nitrogen and oxygen atoms in total. The van der Waals surface area contributed by atoms with Gasteiger partial charge in [-0.25, -0.2) is 4.79 Å². The molecular weight excluding hydrogens is 626 g/mol. The lowest BCUT2D eigenvalue weighted by Gasteiger charge is -2.28. The highest BCUT2D eigenvalue weighted by molar-refractivity contribution is 7.95. The van der Waals surface area contributed by atoms with E-state index in [-0.39, 0.29) is 5.97 Å². The molecule has 0 saturated carbocycles. The van der Waals surface area contributed by atoms with E-state index in [1.165, 1.54) is 15.9 Å². The van der Waals surface area contributed by atoms with Gasteiger partial charge in [-0.2, -0.15) is 0 Å². The summed E-state index contributed by atoms with van der Waals surface area (Å²) in [6.07, 6.45) is 0. The summed E-state index contributed by atoms with van der Waals surface area (Å²) in [5.41, 5.74) is 0. The first-order valence-electron chi connectivity index (χ1n) is 16.2. The van der Waals surface area contributed by atoms with Gasteiger partial charge in [0.05, 0.1) is 6.61 Å². The summed E-state index contributed by atoms with van der Waals surface area (Å²) in [5.74, 6) is 3.62. The average Bonchev–Trinajstić information content (AvgIpc) is 3.17. The lowest BCUT2D eigenvalue weighted by Crippen LogP contribution is -2.29. The maximum Gasteiger partial charge on any atom is 0.331 e. The Balaban J connectivity index is 0.000000188. The molecule has 0 heterocycles. The summed E-state index contributed by atoms with van der Waals surface area (Å²) < 4.78 is 11.2. The molecule has 0 aliphatic rings. The van der Waals surface area contributed by atoms with Crippen LogP contribution in [-0.2, 0) is 14.3 Å². The summed E-state index contributed by atoms with van der Waals surface area (Å²) in [7, 11) is 0. The molecule has 0 bridgehead atoms. The standard InChI is InChI=1S/C22H21O2P.C21H21OP/c1-2-24-22(23)18-25(19-12-6-3-7-13-19,20-14-8-4-9-15-20)21-16-10-5-11-17-21;1-2-22-18-23(19-12-6-3-7-13-19,20-14-8-4-9-15-20)21-16-10-5-11-17-21/h3-18H,2H2,1H3;3-18H,2H2,1H3. The second-order valence-electron chi connectivity index (χ2n) is 10.9. The first kappa shape index (κ1) is 34.7. The Hall–Kier alpha value is -4.65. The van der Waals surface area contributed by atoms with Gasteiger partial charge in [0.25, 0.3) is 0 Å². The van der Waals surface area contributed by atoms with Gasteiger partial charge >= 0.3 is 5.97 Å². The van der Waals surface area contributed by atoms with Gasteiger partial charge in [-0.15, -0.1) is 0 Å². The topological polar surface area (TPSA) is 35.5 Å². The van der Waals surface area contributed by atoms with Crippen LogP contribution in [0.15, 0.2) is 182 Å². The molecule has 0 unspecified atom stereocenters. The van der Waals surface area contributed by atoms with Crippen LogP contribution in [0.2, 0.25) is 0 Å². The van der Waals surface area contributed by atoms with Crippen LogP contribution in [0.1, 0.15) is 13.8 Å². The Bertz CT molecular complexity index is 1740. The number of hydrogen-bond donors (Lipinski definition) is 0. The Kier molecular flexibility index (Phi) is 12.6. The molecule has 0 radical (unpaired) electrons. The molecule has 0 saturated heterocycles. The van der Waals surface area contributed by atoms with Crippen LogP contribution in [0, 0.1) is 0 Å². The number of ether oxygens (including phenoxy) is 2. The van der Waals surface area contributed by atoms with Crippen LogP contribution < -0.4 is 31.8 Å². The lowest BCUT2D eigenvalue weighted by atomic mass is 10.4. The monoisotopic (exact) mass is 668 g/mol. The van der Waals surface area contributed by atoms with E-state index in [4.69, 9.17) is 9.47 Å². The summed E-state index contributed by atoms with van der Waals surface area (Å²) in [5, 5.41) is 7.35. The maximum atomic E-state index is 12.5. The molecule has 0 spiro atoms. The van der Waals surface area contributed by atoms with E-state index in [0.29, 0.717) is 13.2 Å². The zero-order valence-electron chi connectivity index (χ0n) is 27.5. The van der Waals surface area contributed by atoms with Crippen molar-refractivity contribution in [2.24, 2.45) is 0 Å². The van der Waals surface area contributed by atoms with Crippen molar-refractivity contribution < 1.29 is 14.3 Å². The Morgan fingerprint density at radius 3 is 0.958 bits per heavy atom. The Morgan fingerprint density at radius 1 is 0.438 bits per heavy atom. The van der Waals surface area contributed by atoms with E-state index in [1.54, 1.807) is 5.80 Å². The molecule has 6 rings (SSSR count). The SMILES string of the molecule is CCOC(=O)C=P(c1ccccc1)(c1ccccc1)c1ccccc1.CCOC=P(c1ccccc1)(c1ccccc1)c1ccccc1. The van der Waals surface area contributed by atoms with Crippen LogP contribution in [0.3, 0.4) is 0 Å². The van der Waals surface area contributed by atoms with Crippen LogP contribution in [-0.4, -0.2) is 31.0 Å². The maximum absolute atomic E-state index is 12.5. The van der Waals surface area contributed by atoms with Gasteiger partial charge in [0.2, 0.25) is 0 Å². The molecule has 6 aromatic carbocycles. The minimum Gasteiger partial charge on any atom is -0.463 e. The second kappa shape index (κ2) is 17.5. The fraction of sp³-hybridized carbons (Fsp3) is 0.0930. The quantitative estimate of drug-likeness (QED) is 0.115. The van der Waals surface area contributed by atoms with E-state index in [9.17, 15) is 4.79 Å². The number of rotatable bonds is 10. The van der Waals surface area contributed by atoms with E-state index < -0.39 is 13.8 Å². The van der Waals surface area contributed by atoms with Gasteiger partial charge < -0.3 is 9.47 Å². The Labute approximate surface area is 285 Å². The molecule has 0 aromatic heterocycles. The van der Waals surface area contributed by atoms with Crippen molar-refractivity contribution in [3.05, 3.63) is 182 Å². The summed E-state index contributed by atoms with van der Waals surface area (Å²) >= 11 is 0. The number of benzene rings is 6. The van der Waals surface area contributed by atoms with Gasteiger partial charge in [0, 0.05) is 18.4 Å². The van der Waals surface area contributed by atoms with E-state index in [2.05, 4.69) is 133 Å². The van der Waals surface area contributed by atoms with Crippen LogP contribution in [0.5, 0.6) is 0 Å². The van der Waals surface area contributed by atoms with Crippen molar-refractivity contribution >= 4 is 63.3 Å². The largest absolute Gasteiger partial charge is 0.463 e. The van der Waals surface area contributed by atoms with Crippen LogP contribution in [0.25, 0.3) is 0 Å². The average molecular weight is 669 g/mol. The third-order valence-corrected chi connectivity index (χ3v) is 15.7. The zero-order chi connectivity index (χ0) is 33.5.